The molecule has 2 rings (SSSR count). The number of carbonyl (C=O) groups excluding carboxylic acids is 1. The SMILES string of the molecule is CCN(CCCNC(=O)Cc1cc(OC)ccc1OC)c1ccccc1. The van der Waals surface area contributed by atoms with Crippen molar-refractivity contribution in [2.75, 3.05) is 38.8 Å². The van der Waals surface area contributed by atoms with Gasteiger partial charge in [0.15, 0.2) is 0 Å². The summed E-state index contributed by atoms with van der Waals surface area (Å²) in [5.41, 5.74) is 2.03. The average Bonchev–Trinajstić information content (AvgIpc) is 2.68. The highest BCUT2D eigenvalue weighted by Gasteiger charge is 2.10. The number of amides is 1. The highest BCUT2D eigenvalue weighted by Crippen LogP contribution is 2.24. The van der Waals surface area contributed by atoms with Gasteiger partial charge in [-0.25, -0.2) is 0 Å². The van der Waals surface area contributed by atoms with Crippen LogP contribution in [0.2, 0.25) is 0 Å². The van der Waals surface area contributed by atoms with E-state index in [9.17, 15) is 4.79 Å². The lowest BCUT2D eigenvalue weighted by atomic mass is 10.1. The minimum atomic E-state index is -0.0145. The van der Waals surface area contributed by atoms with E-state index >= 15 is 0 Å². The lowest BCUT2D eigenvalue weighted by Crippen LogP contribution is -2.30. The van der Waals surface area contributed by atoms with Crippen molar-refractivity contribution >= 4 is 11.6 Å². The molecular formula is C21H28N2O3. The normalized spacial score (nSPS) is 10.3. The molecule has 0 unspecified atom stereocenters. The summed E-state index contributed by atoms with van der Waals surface area (Å²) in [5.74, 6) is 1.40. The summed E-state index contributed by atoms with van der Waals surface area (Å²) >= 11 is 0. The Labute approximate surface area is 155 Å². The first-order valence-electron chi connectivity index (χ1n) is 8.95. The maximum Gasteiger partial charge on any atom is 0.224 e. The summed E-state index contributed by atoms with van der Waals surface area (Å²) in [6, 6.07) is 15.8. The third-order valence-electron chi connectivity index (χ3n) is 4.27. The molecule has 1 N–H and O–H groups in total. The molecule has 140 valence electrons. The number of ether oxygens (including phenoxy) is 2. The van der Waals surface area contributed by atoms with Crippen LogP contribution in [0.3, 0.4) is 0 Å². The lowest BCUT2D eigenvalue weighted by molar-refractivity contribution is -0.120. The van der Waals surface area contributed by atoms with Gasteiger partial charge in [-0.2, -0.15) is 0 Å². The second kappa shape index (κ2) is 10.3. The molecule has 0 aromatic heterocycles. The Morgan fingerprint density at radius 3 is 2.50 bits per heavy atom. The number of para-hydroxylation sites is 1. The van der Waals surface area contributed by atoms with Crippen LogP contribution in [0, 0.1) is 0 Å². The van der Waals surface area contributed by atoms with Crippen molar-refractivity contribution < 1.29 is 14.3 Å². The standard InChI is InChI=1S/C21H28N2O3/c1-4-23(18-9-6-5-7-10-18)14-8-13-22-21(24)16-17-15-19(25-2)11-12-20(17)26-3/h5-7,9-12,15H,4,8,13-14,16H2,1-3H3,(H,22,24). The topological polar surface area (TPSA) is 50.8 Å². The molecule has 0 fully saturated rings. The van der Waals surface area contributed by atoms with Gasteiger partial charge in [0.1, 0.15) is 11.5 Å². The predicted octanol–water partition coefficient (Wildman–Crippen LogP) is 3.28. The Morgan fingerprint density at radius 1 is 1.08 bits per heavy atom. The first-order chi connectivity index (χ1) is 12.7. The first kappa shape index (κ1) is 19.6. The Morgan fingerprint density at radius 2 is 1.85 bits per heavy atom. The van der Waals surface area contributed by atoms with Gasteiger partial charge >= 0.3 is 0 Å². The van der Waals surface area contributed by atoms with Crippen molar-refractivity contribution in [3.05, 3.63) is 54.1 Å². The fourth-order valence-electron chi connectivity index (χ4n) is 2.86. The van der Waals surface area contributed by atoms with Gasteiger partial charge in [-0.3, -0.25) is 4.79 Å². The van der Waals surface area contributed by atoms with Gasteiger partial charge in [0.25, 0.3) is 0 Å². The number of nitrogens with zero attached hydrogens (tertiary/aromatic N) is 1. The maximum atomic E-state index is 12.2. The molecule has 0 atom stereocenters. The molecule has 2 aromatic carbocycles. The predicted molar refractivity (Wildman–Crippen MR) is 105 cm³/mol. The number of rotatable bonds is 10. The van der Waals surface area contributed by atoms with Crippen LogP contribution in [-0.4, -0.2) is 39.8 Å². The Bertz CT molecular complexity index is 689. The molecule has 0 bridgehead atoms. The highest BCUT2D eigenvalue weighted by molar-refractivity contribution is 5.79. The molecule has 0 saturated heterocycles. The molecule has 5 nitrogen and oxygen atoms in total. The van der Waals surface area contributed by atoms with Gasteiger partial charge in [0, 0.05) is 30.9 Å². The van der Waals surface area contributed by atoms with E-state index < -0.39 is 0 Å². The van der Waals surface area contributed by atoms with E-state index in [1.165, 1.54) is 5.69 Å². The molecule has 2 aromatic rings. The number of carbonyl (C=O) groups is 1. The summed E-state index contributed by atoms with van der Waals surface area (Å²) in [7, 11) is 3.21. The van der Waals surface area contributed by atoms with Crippen LogP contribution in [0.5, 0.6) is 11.5 Å². The van der Waals surface area contributed by atoms with Crippen molar-refractivity contribution in [1.82, 2.24) is 5.32 Å². The van der Waals surface area contributed by atoms with Crippen LogP contribution in [0.15, 0.2) is 48.5 Å². The Balaban J connectivity index is 1.80. The fraction of sp³-hybridized carbons (Fsp3) is 0.381. The van der Waals surface area contributed by atoms with Crippen LogP contribution >= 0.6 is 0 Å². The fourth-order valence-corrected chi connectivity index (χ4v) is 2.86. The molecule has 0 saturated carbocycles. The quantitative estimate of drug-likeness (QED) is 0.664. The molecular weight excluding hydrogens is 328 g/mol. The van der Waals surface area contributed by atoms with E-state index in [-0.39, 0.29) is 12.3 Å². The summed E-state index contributed by atoms with van der Waals surface area (Å²) in [5, 5.41) is 2.99. The second-order valence-electron chi connectivity index (χ2n) is 5.97. The molecule has 5 heteroatoms. The lowest BCUT2D eigenvalue weighted by Gasteiger charge is -2.23. The van der Waals surface area contributed by atoms with Gasteiger partial charge < -0.3 is 19.7 Å². The van der Waals surface area contributed by atoms with Crippen LogP contribution in [0.4, 0.5) is 5.69 Å². The zero-order valence-electron chi connectivity index (χ0n) is 15.8. The summed E-state index contributed by atoms with van der Waals surface area (Å²) < 4.78 is 10.5. The minimum Gasteiger partial charge on any atom is -0.497 e. The average molecular weight is 356 g/mol. The van der Waals surface area contributed by atoms with Crippen LogP contribution < -0.4 is 19.7 Å². The van der Waals surface area contributed by atoms with Crippen molar-refractivity contribution in [3.8, 4) is 11.5 Å². The third-order valence-corrected chi connectivity index (χ3v) is 4.27. The first-order valence-corrected chi connectivity index (χ1v) is 8.95. The van der Waals surface area contributed by atoms with Gasteiger partial charge in [-0.15, -0.1) is 0 Å². The van der Waals surface area contributed by atoms with E-state index in [0.717, 1.165) is 30.8 Å². The number of hydrogen-bond acceptors (Lipinski definition) is 4. The summed E-state index contributed by atoms with van der Waals surface area (Å²) in [6.45, 7) is 4.64. The van der Waals surface area contributed by atoms with E-state index in [0.29, 0.717) is 12.3 Å². The van der Waals surface area contributed by atoms with Crippen molar-refractivity contribution in [3.63, 3.8) is 0 Å². The van der Waals surface area contributed by atoms with Crippen molar-refractivity contribution in [1.29, 1.82) is 0 Å². The van der Waals surface area contributed by atoms with Gasteiger partial charge in [0.2, 0.25) is 5.91 Å². The number of methoxy groups -OCH3 is 2. The molecule has 0 aliphatic carbocycles. The molecule has 0 aliphatic heterocycles. The molecule has 0 spiro atoms. The molecule has 0 aliphatic rings. The molecule has 1 amide bonds. The molecule has 26 heavy (non-hydrogen) atoms. The zero-order valence-corrected chi connectivity index (χ0v) is 15.8. The summed E-state index contributed by atoms with van der Waals surface area (Å²) in [4.78, 5) is 14.5. The third kappa shape index (κ3) is 5.69. The van der Waals surface area contributed by atoms with Gasteiger partial charge in [-0.05, 0) is 43.7 Å². The number of hydrogen-bond donors (Lipinski definition) is 1. The smallest absolute Gasteiger partial charge is 0.224 e. The molecule has 0 heterocycles. The van der Waals surface area contributed by atoms with Gasteiger partial charge in [-0.1, -0.05) is 18.2 Å². The second-order valence-corrected chi connectivity index (χ2v) is 5.97. The van der Waals surface area contributed by atoms with Crippen molar-refractivity contribution in [2.24, 2.45) is 0 Å². The summed E-state index contributed by atoms with van der Waals surface area (Å²) in [6.07, 6.45) is 1.17. The highest BCUT2D eigenvalue weighted by atomic mass is 16.5. The van der Waals surface area contributed by atoms with E-state index in [4.69, 9.17) is 9.47 Å². The van der Waals surface area contributed by atoms with Crippen molar-refractivity contribution in [2.45, 2.75) is 19.8 Å². The largest absolute Gasteiger partial charge is 0.497 e. The number of benzene rings is 2. The van der Waals surface area contributed by atoms with E-state index in [1.54, 1.807) is 14.2 Å². The Kier molecular flexibility index (Phi) is 7.80. The zero-order chi connectivity index (χ0) is 18.8. The van der Waals surface area contributed by atoms with Crippen LogP contribution in [0.25, 0.3) is 0 Å². The van der Waals surface area contributed by atoms with Crippen LogP contribution in [0.1, 0.15) is 18.9 Å². The molecule has 0 radical (unpaired) electrons. The Hall–Kier alpha value is -2.69. The van der Waals surface area contributed by atoms with Crippen LogP contribution in [-0.2, 0) is 11.2 Å². The maximum absolute atomic E-state index is 12.2. The minimum absolute atomic E-state index is 0.0145. The van der Waals surface area contributed by atoms with E-state index in [1.807, 2.05) is 36.4 Å². The number of nitrogens with one attached hydrogen (secondary N) is 1. The van der Waals surface area contributed by atoms with E-state index in [2.05, 4.69) is 29.3 Å². The van der Waals surface area contributed by atoms with Gasteiger partial charge in [0.05, 0.1) is 20.6 Å². The monoisotopic (exact) mass is 356 g/mol. The number of anilines is 1.